The summed E-state index contributed by atoms with van der Waals surface area (Å²) in [6, 6.07) is 17.0. The lowest BCUT2D eigenvalue weighted by Gasteiger charge is -2.32. The van der Waals surface area contributed by atoms with Gasteiger partial charge in [-0.3, -0.25) is 4.79 Å². The summed E-state index contributed by atoms with van der Waals surface area (Å²) in [4.78, 5) is 23.4. The molecule has 1 fully saturated rings. The molecule has 32 heavy (non-hydrogen) atoms. The first-order valence-corrected chi connectivity index (χ1v) is 11.1. The van der Waals surface area contributed by atoms with Gasteiger partial charge in [0, 0.05) is 18.2 Å². The number of aromatic nitrogens is 2. The Balaban J connectivity index is 1.45. The third-order valence-electron chi connectivity index (χ3n) is 5.84. The third-order valence-corrected chi connectivity index (χ3v) is 6.13. The number of ether oxygens (including phenoxy) is 2. The van der Waals surface area contributed by atoms with Gasteiger partial charge in [0.15, 0.2) is 0 Å². The first kappa shape index (κ1) is 20.7. The maximum atomic E-state index is 13.5. The van der Waals surface area contributed by atoms with Crippen molar-refractivity contribution in [1.82, 2.24) is 15.3 Å². The van der Waals surface area contributed by atoms with Crippen molar-refractivity contribution in [2.24, 2.45) is 5.92 Å². The number of amides is 1. The van der Waals surface area contributed by atoms with Crippen LogP contribution in [0.1, 0.15) is 23.2 Å². The van der Waals surface area contributed by atoms with E-state index in [1.54, 1.807) is 4.90 Å². The van der Waals surface area contributed by atoms with E-state index in [-0.39, 0.29) is 34.5 Å². The minimum absolute atomic E-state index is 0.0939. The van der Waals surface area contributed by atoms with Crippen LogP contribution >= 0.6 is 11.6 Å². The van der Waals surface area contributed by atoms with Crippen LogP contribution in [0.2, 0.25) is 5.15 Å². The summed E-state index contributed by atoms with van der Waals surface area (Å²) in [6.07, 6.45) is 3.22. The van der Waals surface area contributed by atoms with Crippen LogP contribution < -0.4 is 19.7 Å². The predicted octanol–water partition coefficient (Wildman–Crippen LogP) is 4.33. The lowest BCUT2D eigenvalue weighted by molar-refractivity contribution is 0.0972. The summed E-state index contributed by atoms with van der Waals surface area (Å²) in [5.74, 6) is 1.68. The molecule has 1 N–H and O–H groups in total. The Morgan fingerprint density at radius 2 is 1.84 bits per heavy atom. The Morgan fingerprint density at radius 3 is 2.59 bits per heavy atom. The zero-order valence-electron chi connectivity index (χ0n) is 17.4. The van der Waals surface area contributed by atoms with Gasteiger partial charge in [0.05, 0.1) is 6.54 Å². The van der Waals surface area contributed by atoms with Gasteiger partial charge in [-0.25, -0.2) is 9.97 Å². The van der Waals surface area contributed by atoms with E-state index < -0.39 is 0 Å². The number of anilines is 1. The van der Waals surface area contributed by atoms with Crippen LogP contribution in [0.4, 0.5) is 5.69 Å². The Morgan fingerprint density at radius 1 is 1.06 bits per heavy atom. The monoisotopic (exact) mass is 450 g/mol. The highest BCUT2D eigenvalue weighted by molar-refractivity contribution is 6.33. The van der Waals surface area contributed by atoms with E-state index in [1.165, 1.54) is 6.33 Å². The number of fused-ring (bicyclic) bond motifs is 1. The van der Waals surface area contributed by atoms with Crippen molar-refractivity contribution in [3.05, 3.63) is 71.6 Å². The number of hydrogen-bond donors (Lipinski definition) is 1. The lowest BCUT2D eigenvalue weighted by Crippen LogP contribution is -2.45. The number of rotatable bonds is 4. The van der Waals surface area contributed by atoms with E-state index in [4.69, 9.17) is 21.1 Å². The van der Waals surface area contributed by atoms with Gasteiger partial charge in [-0.2, -0.15) is 0 Å². The summed E-state index contributed by atoms with van der Waals surface area (Å²) >= 11 is 6.30. The largest absolute Gasteiger partial charge is 0.471 e. The molecule has 0 saturated carbocycles. The van der Waals surface area contributed by atoms with Crippen molar-refractivity contribution in [3.8, 4) is 17.4 Å². The number of hydrogen-bond acceptors (Lipinski definition) is 6. The van der Waals surface area contributed by atoms with E-state index in [9.17, 15) is 4.79 Å². The third kappa shape index (κ3) is 4.26. The van der Waals surface area contributed by atoms with Crippen molar-refractivity contribution in [3.63, 3.8) is 0 Å². The molecule has 3 aromatic rings. The molecular weight excluding hydrogens is 428 g/mol. The summed E-state index contributed by atoms with van der Waals surface area (Å²) in [7, 11) is 0. The fourth-order valence-electron chi connectivity index (χ4n) is 4.18. The summed E-state index contributed by atoms with van der Waals surface area (Å²) in [6.45, 7) is 2.24. The molecule has 2 aliphatic rings. The Bertz CT molecular complexity index is 1090. The molecule has 2 unspecified atom stereocenters. The molecule has 1 aromatic heterocycles. The van der Waals surface area contributed by atoms with Gasteiger partial charge < -0.3 is 19.7 Å². The first-order chi connectivity index (χ1) is 15.7. The molecule has 3 heterocycles. The van der Waals surface area contributed by atoms with E-state index in [1.807, 2.05) is 54.6 Å². The van der Waals surface area contributed by atoms with E-state index in [2.05, 4.69) is 15.3 Å². The van der Waals surface area contributed by atoms with Crippen LogP contribution in [0.25, 0.3) is 0 Å². The van der Waals surface area contributed by atoms with Gasteiger partial charge in [0.25, 0.3) is 5.91 Å². The molecule has 1 amide bonds. The van der Waals surface area contributed by atoms with Gasteiger partial charge in [0.1, 0.15) is 34.6 Å². The van der Waals surface area contributed by atoms with Crippen LogP contribution in [0.15, 0.2) is 60.9 Å². The fourth-order valence-corrected chi connectivity index (χ4v) is 4.38. The molecule has 0 bridgehead atoms. The van der Waals surface area contributed by atoms with Gasteiger partial charge in [-0.1, -0.05) is 29.8 Å². The molecule has 8 heteroatoms. The summed E-state index contributed by atoms with van der Waals surface area (Å²) in [5.41, 5.74) is 0.936. The lowest BCUT2D eigenvalue weighted by atomic mass is 9.93. The van der Waals surface area contributed by atoms with Gasteiger partial charge >= 0.3 is 0 Å². The minimum Gasteiger partial charge on any atom is -0.471 e. The SMILES string of the molecule is O=C1c2c(Cl)ncnc2OC(C2CCCNC2)CN1c1ccc(Oc2ccccc2)cc1. The minimum atomic E-state index is -0.270. The number of piperidine rings is 1. The van der Waals surface area contributed by atoms with Crippen LogP contribution in [0.3, 0.4) is 0 Å². The van der Waals surface area contributed by atoms with Crippen LogP contribution in [0, 0.1) is 5.92 Å². The second kappa shape index (κ2) is 9.14. The Labute approximate surface area is 191 Å². The van der Waals surface area contributed by atoms with Gasteiger partial charge in [-0.15, -0.1) is 0 Å². The molecule has 2 aliphatic heterocycles. The highest BCUT2D eigenvalue weighted by atomic mass is 35.5. The second-order valence-corrected chi connectivity index (χ2v) is 8.29. The van der Waals surface area contributed by atoms with Crippen LogP contribution in [-0.4, -0.2) is 41.6 Å². The van der Waals surface area contributed by atoms with Crippen LogP contribution in [-0.2, 0) is 0 Å². The number of benzene rings is 2. The van der Waals surface area contributed by atoms with Crippen molar-refractivity contribution in [1.29, 1.82) is 0 Å². The number of nitrogens with one attached hydrogen (secondary N) is 1. The van der Waals surface area contributed by atoms with Gasteiger partial charge in [0.2, 0.25) is 5.88 Å². The van der Waals surface area contributed by atoms with Gasteiger partial charge in [-0.05, 0) is 55.8 Å². The number of para-hydroxylation sites is 1. The average Bonchev–Trinajstić information content (AvgIpc) is 2.98. The topological polar surface area (TPSA) is 76.6 Å². The summed E-state index contributed by atoms with van der Waals surface area (Å²) < 4.78 is 12.1. The predicted molar refractivity (Wildman–Crippen MR) is 122 cm³/mol. The maximum absolute atomic E-state index is 13.5. The zero-order chi connectivity index (χ0) is 21.9. The first-order valence-electron chi connectivity index (χ1n) is 10.7. The molecule has 0 spiro atoms. The molecular formula is C24H23ClN4O3. The summed E-state index contributed by atoms with van der Waals surface area (Å²) in [5, 5.41) is 3.52. The van der Waals surface area contributed by atoms with Crippen molar-refractivity contribution < 1.29 is 14.3 Å². The Hall–Kier alpha value is -3.16. The molecule has 5 rings (SSSR count). The number of nitrogens with zero attached hydrogens (tertiary/aromatic N) is 3. The second-order valence-electron chi connectivity index (χ2n) is 7.93. The zero-order valence-corrected chi connectivity index (χ0v) is 18.2. The van der Waals surface area contributed by atoms with E-state index in [0.717, 1.165) is 37.4 Å². The quantitative estimate of drug-likeness (QED) is 0.596. The van der Waals surface area contributed by atoms with Crippen LogP contribution in [0.5, 0.6) is 17.4 Å². The fraction of sp³-hybridized carbons (Fsp3) is 0.292. The number of carbonyl (C=O) groups excluding carboxylic acids is 1. The standard InChI is InChI=1S/C24H23ClN4O3/c25-22-21-23(28-15-27-22)32-20(16-5-4-12-26-13-16)14-29(24(21)30)17-8-10-19(11-9-17)31-18-6-2-1-3-7-18/h1-3,6-11,15-16,20,26H,4-5,12-14H2. The molecule has 0 aliphatic carbocycles. The number of carbonyl (C=O) groups is 1. The normalized spacial score (nSPS) is 20.8. The van der Waals surface area contributed by atoms with E-state index in [0.29, 0.717) is 12.3 Å². The smallest absolute Gasteiger partial charge is 0.267 e. The Kier molecular flexibility index (Phi) is 5.92. The van der Waals surface area contributed by atoms with Crippen molar-refractivity contribution >= 4 is 23.2 Å². The van der Waals surface area contributed by atoms with Crippen molar-refractivity contribution in [2.45, 2.75) is 18.9 Å². The number of halogens is 1. The maximum Gasteiger partial charge on any atom is 0.267 e. The van der Waals surface area contributed by atoms with E-state index >= 15 is 0 Å². The molecule has 7 nitrogen and oxygen atoms in total. The highest BCUT2D eigenvalue weighted by Crippen LogP contribution is 2.34. The molecule has 164 valence electrons. The molecule has 1 saturated heterocycles. The highest BCUT2D eigenvalue weighted by Gasteiger charge is 2.37. The van der Waals surface area contributed by atoms with Crippen molar-refractivity contribution in [2.75, 3.05) is 24.5 Å². The average molecular weight is 451 g/mol. The molecule has 2 aromatic carbocycles. The molecule has 2 atom stereocenters. The molecule has 0 radical (unpaired) electrons.